The molecular formula is C15H14F4N2O2. The van der Waals surface area contributed by atoms with E-state index in [2.05, 4.69) is 10.6 Å². The summed E-state index contributed by atoms with van der Waals surface area (Å²) in [5, 5.41) is 4.74. The van der Waals surface area contributed by atoms with Crippen LogP contribution in [0.3, 0.4) is 0 Å². The smallest absolute Gasteiger partial charge is 0.419 e. The highest BCUT2D eigenvalue weighted by atomic mass is 19.4. The number of carbonyl (C=O) groups excluding carboxylic acids is 1. The second-order valence-corrected chi connectivity index (χ2v) is 4.96. The van der Waals surface area contributed by atoms with Gasteiger partial charge in [0.15, 0.2) is 0 Å². The number of urea groups is 1. The fourth-order valence-corrected chi connectivity index (χ4v) is 1.94. The summed E-state index contributed by atoms with van der Waals surface area (Å²) in [6.45, 7) is 3.40. The number of aryl methyl sites for hydroxylation is 1. The predicted octanol–water partition coefficient (Wildman–Crippen LogP) is 4.63. The van der Waals surface area contributed by atoms with Gasteiger partial charge in [0.25, 0.3) is 0 Å². The highest BCUT2D eigenvalue weighted by Crippen LogP contribution is 2.33. The highest BCUT2D eigenvalue weighted by molar-refractivity contribution is 5.89. The van der Waals surface area contributed by atoms with Crippen LogP contribution < -0.4 is 10.6 Å². The van der Waals surface area contributed by atoms with Crippen LogP contribution in [0.4, 0.5) is 28.0 Å². The largest absolute Gasteiger partial charge is 0.464 e. The van der Waals surface area contributed by atoms with Gasteiger partial charge in [0, 0.05) is 5.69 Å². The SMILES string of the molecule is Cc1ccc(C(C)NC(=O)Nc2ccc(F)c(C(F)(F)F)c2)o1. The number of furan rings is 1. The van der Waals surface area contributed by atoms with Crippen molar-refractivity contribution in [2.24, 2.45) is 0 Å². The number of amides is 2. The zero-order valence-corrected chi connectivity index (χ0v) is 12.3. The molecule has 2 amide bonds. The van der Waals surface area contributed by atoms with Gasteiger partial charge >= 0.3 is 12.2 Å². The number of halogens is 4. The molecule has 1 aromatic heterocycles. The second kappa shape index (κ2) is 6.31. The van der Waals surface area contributed by atoms with Crippen molar-refractivity contribution in [3.63, 3.8) is 0 Å². The molecule has 0 saturated carbocycles. The number of carbonyl (C=O) groups is 1. The number of hydrogen-bond acceptors (Lipinski definition) is 2. The Morgan fingerprint density at radius 3 is 2.48 bits per heavy atom. The topological polar surface area (TPSA) is 54.3 Å². The van der Waals surface area contributed by atoms with Crippen LogP contribution in [-0.4, -0.2) is 6.03 Å². The van der Waals surface area contributed by atoms with Gasteiger partial charge in [-0.15, -0.1) is 0 Å². The fourth-order valence-electron chi connectivity index (χ4n) is 1.94. The van der Waals surface area contributed by atoms with E-state index in [0.29, 0.717) is 23.7 Å². The van der Waals surface area contributed by atoms with E-state index in [1.54, 1.807) is 26.0 Å². The summed E-state index contributed by atoms with van der Waals surface area (Å²) >= 11 is 0. The van der Waals surface area contributed by atoms with Gasteiger partial charge in [-0.3, -0.25) is 0 Å². The third-order valence-corrected chi connectivity index (χ3v) is 3.07. The number of anilines is 1. The zero-order chi connectivity index (χ0) is 17.2. The maximum Gasteiger partial charge on any atom is 0.419 e. The van der Waals surface area contributed by atoms with Gasteiger partial charge in [-0.2, -0.15) is 13.2 Å². The van der Waals surface area contributed by atoms with Crippen molar-refractivity contribution < 1.29 is 26.8 Å². The molecule has 0 aliphatic heterocycles. The summed E-state index contributed by atoms with van der Waals surface area (Å²) < 4.78 is 56.4. The highest BCUT2D eigenvalue weighted by Gasteiger charge is 2.34. The van der Waals surface area contributed by atoms with Crippen LogP contribution in [0.1, 0.15) is 30.0 Å². The first-order chi connectivity index (χ1) is 10.7. The lowest BCUT2D eigenvalue weighted by molar-refractivity contribution is -0.139. The summed E-state index contributed by atoms with van der Waals surface area (Å²) in [6.07, 6.45) is -4.84. The van der Waals surface area contributed by atoms with E-state index in [0.717, 1.165) is 6.07 Å². The Morgan fingerprint density at radius 2 is 1.91 bits per heavy atom. The summed E-state index contributed by atoms with van der Waals surface area (Å²) in [4.78, 5) is 11.8. The first kappa shape index (κ1) is 16.9. The molecule has 1 heterocycles. The third-order valence-electron chi connectivity index (χ3n) is 3.07. The summed E-state index contributed by atoms with van der Waals surface area (Å²) in [5.74, 6) is -0.224. The number of rotatable bonds is 3. The molecule has 2 aromatic rings. The monoisotopic (exact) mass is 330 g/mol. The molecule has 23 heavy (non-hydrogen) atoms. The van der Waals surface area contributed by atoms with Gasteiger partial charge < -0.3 is 15.1 Å². The Bertz CT molecular complexity index is 710. The van der Waals surface area contributed by atoms with Crippen LogP contribution in [0.2, 0.25) is 0 Å². The number of alkyl halides is 3. The van der Waals surface area contributed by atoms with Gasteiger partial charge in [-0.05, 0) is 44.2 Å². The van der Waals surface area contributed by atoms with Crippen molar-refractivity contribution >= 4 is 11.7 Å². The van der Waals surface area contributed by atoms with Crippen molar-refractivity contribution in [1.82, 2.24) is 5.32 Å². The average molecular weight is 330 g/mol. The van der Waals surface area contributed by atoms with E-state index in [1.807, 2.05) is 0 Å². The van der Waals surface area contributed by atoms with Crippen LogP contribution in [0.15, 0.2) is 34.7 Å². The molecule has 0 aliphatic carbocycles. The van der Waals surface area contributed by atoms with Gasteiger partial charge in [0.05, 0.1) is 11.6 Å². The van der Waals surface area contributed by atoms with Crippen LogP contribution in [-0.2, 0) is 6.18 Å². The number of benzene rings is 1. The summed E-state index contributed by atoms with van der Waals surface area (Å²) in [5.41, 5.74) is -1.61. The van der Waals surface area contributed by atoms with Crippen LogP contribution in [0.25, 0.3) is 0 Å². The lowest BCUT2D eigenvalue weighted by Gasteiger charge is -2.14. The van der Waals surface area contributed by atoms with E-state index in [4.69, 9.17) is 4.42 Å². The molecule has 0 bridgehead atoms. The fraction of sp³-hybridized carbons (Fsp3) is 0.267. The van der Waals surface area contributed by atoms with E-state index in [-0.39, 0.29) is 5.69 Å². The molecule has 4 nitrogen and oxygen atoms in total. The average Bonchev–Trinajstić information content (AvgIpc) is 2.86. The minimum atomic E-state index is -4.84. The van der Waals surface area contributed by atoms with Crippen LogP contribution in [0.5, 0.6) is 0 Å². The van der Waals surface area contributed by atoms with E-state index < -0.39 is 29.6 Å². The Kier molecular flexibility index (Phi) is 4.63. The molecule has 8 heteroatoms. The molecule has 0 radical (unpaired) electrons. The van der Waals surface area contributed by atoms with Crippen molar-refractivity contribution in [2.45, 2.75) is 26.1 Å². The maximum absolute atomic E-state index is 13.2. The molecule has 2 rings (SSSR count). The Labute approximate surface area is 129 Å². The van der Waals surface area contributed by atoms with Gasteiger partial charge in [0.1, 0.15) is 17.3 Å². The third kappa shape index (κ3) is 4.24. The number of nitrogens with one attached hydrogen (secondary N) is 2. The Hall–Kier alpha value is -2.51. The normalized spacial score (nSPS) is 12.8. The molecule has 1 atom stereocenters. The molecule has 0 fully saturated rings. The number of hydrogen-bond donors (Lipinski definition) is 2. The molecule has 1 aromatic carbocycles. The molecule has 2 N–H and O–H groups in total. The predicted molar refractivity (Wildman–Crippen MR) is 75.4 cm³/mol. The molecule has 0 aliphatic rings. The lowest BCUT2D eigenvalue weighted by Crippen LogP contribution is -2.31. The standard InChI is InChI=1S/C15H14F4N2O2/c1-8-3-6-13(23-8)9(2)20-14(22)21-10-4-5-12(16)11(7-10)15(17,18)19/h3-7,9H,1-2H3,(H2,20,21,22). The van der Waals surface area contributed by atoms with E-state index >= 15 is 0 Å². The zero-order valence-electron chi connectivity index (χ0n) is 12.3. The minimum absolute atomic E-state index is 0.168. The molecule has 0 spiro atoms. The first-order valence-electron chi connectivity index (χ1n) is 6.67. The van der Waals surface area contributed by atoms with Gasteiger partial charge in [0.2, 0.25) is 0 Å². The summed E-state index contributed by atoms with van der Waals surface area (Å²) in [7, 11) is 0. The van der Waals surface area contributed by atoms with E-state index in [9.17, 15) is 22.4 Å². The van der Waals surface area contributed by atoms with Crippen molar-refractivity contribution in [2.75, 3.05) is 5.32 Å². The molecule has 1 unspecified atom stereocenters. The lowest BCUT2D eigenvalue weighted by atomic mass is 10.2. The second-order valence-electron chi connectivity index (χ2n) is 4.96. The Morgan fingerprint density at radius 1 is 1.22 bits per heavy atom. The van der Waals surface area contributed by atoms with Crippen LogP contribution >= 0.6 is 0 Å². The van der Waals surface area contributed by atoms with Crippen molar-refractivity contribution in [3.8, 4) is 0 Å². The van der Waals surface area contributed by atoms with Gasteiger partial charge in [-0.25, -0.2) is 9.18 Å². The molecule has 0 saturated heterocycles. The minimum Gasteiger partial charge on any atom is -0.464 e. The van der Waals surface area contributed by atoms with Crippen molar-refractivity contribution in [3.05, 3.63) is 53.2 Å². The summed E-state index contributed by atoms with van der Waals surface area (Å²) in [6, 6.07) is 4.43. The van der Waals surface area contributed by atoms with E-state index in [1.165, 1.54) is 0 Å². The van der Waals surface area contributed by atoms with Crippen molar-refractivity contribution in [1.29, 1.82) is 0 Å². The first-order valence-corrected chi connectivity index (χ1v) is 6.67. The molecule has 124 valence electrons. The Balaban J connectivity index is 2.06. The molecular weight excluding hydrogens is 316 g/mol. The maximum atomic E-state index is 13.2. The van der Waals surface area contributed by atoms with Gasteiger partial charge in [-0.1, -0.05) is 0 Å². The quantitative estimate of drug-likeness (QED) is 0.806. The van der Waals surface area contributed by atoms with Crippen LogP contribution in [0, 0.1) is 12.7 Å².